The SMILES string of the molecule is CN(C)C1CCN(C(=O)C2CCC(C(=O)Nc3c(C(=O)Nc4ccc(Cl)cn4)oc4cccnc34)CC2)C1. The fraction of sp³-hybridized carbons (Fsp3) is 0.444. The van der Waals surface area contributed by atoms with E-state index in [9.17, 15) is 14.4 Å². The van der Waals surface area contributed by atoms with Crippen LogP contribution < -0.4 is 10.6 Å². The highest BCUT2D eigenvalue weighted by atomic mass is 35.5. The van der Waals surface area contributed by atoms with Gasteiger partial charge in [0.25, 0.3) is 5.91 Å². The first-order chi connectivity index (χ1) is 18.3. The van der Waals surface area contributed by atoms with E-state index in [1.807, 2.05) is 19.0 Å². The Morgan fingerprint density at radius 2 is 1.79 bits per heavy atom. The second kappa shape index (κ2) is 11.1. The average molecular weight is 539 g/mol. The smallest absolute Gasteiger partial charge is 0.294 e. The molecule has 0 bridgehead atoms. The van der Waals surface area contributed by atoms with Gasteiger partial charge < -0.3 is 24.9 Å². The van der Waals surface area contributed by atoms with Crippen LogP contribution in [-0.2, 0) is 9.59 Å². The van der Waals surface area contributed by atoms with Gasteiger partial charge in [0, 0.05) is 43.4 Å². The number of fused-ring (bicyclic) bond motifs is 1. The van der Waals surface area contributed by atoms with Gasteiger partial charge in [-0.05, 0) is 70.5 Å². The summed E-state index contributed by atoms with van der Waals surface area (Å²) >= 11 is 5.88. The second-order valence-corrected chi connectivity index (χ2v) is 10.6. The largest absolute Gasteiger partial charge is 0.447 e. The number of halogens is 1. The maximum absolute atomic E-state index is 13.3. The molecule has 3 amide bonds. The van der Waals surface area contributed by atoms with Gasteiger partial charge in [0.1, 0.15) is 17.0 Å². The molecule has 1 unspecified atom stereocenters. The Morgan fingerprint density at radius 1 is 1.03 bits per heavy atom. The van der Waals surface area contributed by atoms with Crippen molar-refractivity contribution in [2.45, 2.75) is 38.1 Å². The number of anilines is 2. The molecule has 1 saturated heterocycles. The minimum Gasteiger partial charge on any atom is -0.447 e. The van der Waals surface area contributed by atoms with Gasteiger partial charge in [0.15, 0.2) is 5.58 Å². The molecule has 38 heavy (non-hydrogen) atoms. The van der Waals surface area contributed by atoms with Gasteiger partial charge in [-0.2, -0.15) is 0 Å². The number of rotatable bonds is 6. The molecule has 1 saturated carbocycles. The van der Waals surface area contributed by atoms with Crippen LogP contribution in [-0.4, -0.2) is 70.7 Å². The molecular formula is C27H31ClN6O4. The molecule has 11 heteroatoms. The summed E-state index contributed by atoms with van der Waals surface area (Å²) in [5, 5.41) is 6.01. The molecule has 0 spiro atoms. The molecule has 2 fully saturated rings. The van der Waals surface area contributed by atoms with Crippen LogP contribution in [0.15, 0.2) is 41.1 Å². The van der Waals surface area contributed by atoms with Crippen molar-refractivity contribution in [3.8, 4) is 0 Å². The van der Waals surface area contributed by atoms with Crippen molar-refractivity contribution in [3.05, 3.63) is 47.4 Å². The van der Waals surface area contributed by atoms with E-state index in [1.165, 1.54) is 6.20 Å². The van der Waals surface area contributed by atoms with Gasteiger partial charge in [-0.15, -0.1) is 0 Å². The number of likely N-dealkylation sites (tertiary alicyclic amines) is 1. The molecule has 1 atom stereocenters. The molecule has 2 N–H and O–H groups in total. The topological polar surface area (TPSA) is 121 Å². The lowest BCUT2D eigenvalue weighted by Gasteiger charge is -2.30. The number of amides is 3. The molecule has 3 aromatic rings. The third kappa shape index (κ3) is 5.51. The van der Waals surface area contributed by atoms with Crippen molar-refractivity contribution < 1.29 is 18.8 Å². The van der Waals surface area contributed by atoms with Crippen LogP contribution in [0.4, 0.5) is 11.5 Å². The maximum atomic E-state index is 13.3. The summed E-state index contributed by atoms with van der Waals surface area (Å²) in [4.78, 5) is 52.0. The van der Waals surface area contributed by atoms with Gasteiger partial charge in [-0.3, -0.25) is 19.4 Å². The zero-order chi connectivity index (χ0) is 26.8. The van der Waals surface area contributed by atoms with Gasteiger partial charge in [-0.1, -0.05) is 11.6 Å². The molecule has 0 radical (unpaired) electrons. The van der Waals surface area contributed by atoms with Gasteiger partial charge in [-0.25, -0.2) is 4.98 Å². The number of carbonyl (C=O) groups excluding carboxylic acids is 3. The molecule has 5 rings (SSSR count). The Balaban J connectivity index is 1.25. The van der Waals surface area contributed by atoms with Crippen LogP contribution >= 0.6 is 11.6 Å². The lowest BCUT2D eigenvalue weighted by Crippen LogP contribution is -2.39. The molecule has 200 valence electrons. The number of pyridine rings is 2. The third-order valence-electron chi connectivity index (χ3n) is 7.52. The molecule has 4 heterocycles. The summed E-state index contributed by atoms with van der Waals surface area (Å²) in [5.41, 5.74) is 0.999. The van der Waals surface area contributed by atoms with E-state index in [0.717, 1.165) is 19.5 Å². The Hall–Kier alpha value is -3.50. The average Bonchev–Trinajstić information content (AvgIpc) is 3.56. The second-order valence-electron chi connectivity index (χ2n) is 10.2. The summed E-state index contributed by atoms with van der Waals surface area (Å²) in [7, 11) is 4.09. The summed E-state index contributed by atoms with van der Waals surface area (Å²) in [5.74, 6) is -0.659. The van der Waals surface area contributed by atoms with E-state index in [-0.39, 0.29) is 35.1 Å². The first kappa shape index (κ1) is 26.1. The van der Waals surface area contributed by atoms with E-state index in [0.29, 0.717) is 53.7 Å². The monoisotopic (exact) mass is 538 g/mol. The number of carbonyl (C=O) groups is 3. The van der Waals surface area contributed by atoms with E-state index in [4.69, 9.17) is 16.0 Å². The number of nitrogens with zero attached hydrogens (tertiary/aromatic N) is 4. The molecular weight excluding hydrogens is 508 g/mol. The fourth-order valence-corrected chi connectivity index (χ4v) is 5.39. The Bertz CT molecular complexity index is 1330. The number of aromatic nitrogens is 2. The first-order valence-corrected chi connectivity index (χ1v) is 13.2. The number of hydrogen-bond acceptors (Lipinski definition) is 7. The fourth-order valence-electron chi connectivity index (χ4n) is 5.28. The van der Waals surface area contributed by atoms with Crippen LogP contribution in [0.25, 0.3) is 11.1 Å². The highest BCUT2D eigenvalue weighted by Gasteiger charge is 2.36. The highest BCUT2D eigenvalue weighted by Crippen LogP contribution is 2.34. The van der Waals surface area contributed by atoms with Crippen LogP contribution in [0, 0.1) is 11.8 Å². The van der Waals surface area contributed by atoms with Crippen molar-refractivity contribution in [1.82, 2.24) is 19.8 Å². The Labute approximate surface area is 225 Å². The van der Waals surface area contributed by atoms with Crippen molar-refractivity contribution in [3.63, 3.8) is 0 Å². The molecule has 1 aliphatic carbocycles. The number of furan rings is 1. The minimum atomic E-state index is -0.566. The van der Waals surface area contributed by atoms with Crippen LogP contribution in [0.2, 0.25) is 5.02 Å². The maximum Gasteiger partial charge on any atom is 0.294 e. The number of nitrogens with one attached hydrogen (secondary N) is 2. The van der Waals surface area contributed by atoms with E-state index < -0.39 is 5.91 Å². The van der Waals surface area contributed by atoms with Gasteiger partial charge in [0.2, 0.25) is 17.6 Å². The Morgan fingerprint density at radius 3 is 2.47 bits per heavy atom. The number of likely N-dealkylation sites (N-methyl/N-ethyl adjacent to an activating group) is 1. The van der Waals surface area contributed by atoms with Crippen LogP contribution in [0.5, 0.6) is 0 Å². The zero-order valence-corrected chi connectivity index (χ0v) is 22.2. The van der Waals surface area contributed by atoms with Gasteiger partial charge in [0.05, 0.1) is 5.02 Å². The normalized spacial score (nSPS) is 21.6. The zero-order valence-electron chi connectivity index (χ0n) is 21.4. The van der Waals surface area contributed by atoms with Crippen molar-refractivity contribution in [2.75, 3.05) is 37.8 Å². The van der Waals surface area contributed by atoms with Crippen molar-refractivity contribution in [2.24, 2.45) is 11.8 Å². The van der Waals surface area contributed by atoms with E-state index in [2.05, 4.69) is 25.5 Å². The third-order valence-corrected chi connectivity index (χ3v) is 7.75. The van der Waals surface area contributed by atoms with E-state index in [1.54, 1.807) is 30.5 Å². The molecule has 10 nitrogen and oxygen atoms in total. The first-order valence-electron chi connectivity index (χ1n) is 12.9. The van der Waals surface area contributed by atoms with Crippen LogP contribution in [0.3, 0.4) is 0 Å². The molecule has 2 aliphatic rings. The number of hydrogen-bond donors (Lipinski definition) is 2. The quantitative estimate of drug-likeness (QED) is 0.486. The summed E-state index contributed by atoms with van der Waals surface area (Å²) in [6.45, 7) is 1.56. The van der Waals surface area contributed by atoms with E-state index >= 15 is 0 Å². The lowest BCUT2D eigenvalue weighted by molar-refractivity contribution is -0.137. The molecule has 0 aromatic carbocycles. The van der Waals surface area contributed by atoms with Crippen LogP contribution in [0.1, 0.15) is 42.7 Å². The molecule has 3 aromatic heterocycles. The predicted molar refractivity (Wildman–Crippen MR) is 144 cm³/mol. The van der Waals surface area contributed by atoms with Gasteiger partial charge >= 0.3 is 0 Å². The molecule has 1 aliphatic heterocycles. The highest BCUT2D eigenvalue weighted by molar-refractivity contribution is 6.30. The lowest BCUT2D eigenvalue weighted by atomic mass is 9.81. The van der Waals surface area contributed by atoms with Crippen molar-refractivity contribution in [1.29, 1.82) is 0 Å². The standard InChI is InChI=1S/C27H31ClN6O4/c1-33(2)19-11-13-34(15-19)27(37)17-7-5-16(6-8-17)25(35)32-23-22-20(4-3-12-29-22)38-24(23)26(36)31-21-10-9-18(28)14-30-21/h3-4,9-10,12,14,16-17,19H,5-8,11,13,15H2,1-2H3,(H,32,35)(H,30,31,36). The predicted octanol–water partition coefficient (Wildman–Crippen LogP) is 4.04. The summed E-state index contributed by atoms with van der Waals surface area (Å²) in [6, 6.07) is 6.96. The summed E-state index contributed by atoms with van der Waals surface area (Å²) < 4.78 is 5.78. The van der Waals surface area contributed by atoms with Crippen molar-refractivity contribution >= 4 is 51.9 Å². The minimum absolute atomic E-state index is 0.0513. The summed E-state index contributed by atoms with van der Waals surface area (Å²) in [6.07, 6.45) is 6.53. The Kier molecular flexibility index (Phi) is 7.62.